The molecule has 2 rings (SSSR count). The van der Waals surface area contributed by atoms with Gasteiger partial charge in [0, 0.05) is 10.0 Å². The van der Waals surface area contributed by atoms with Gasteiger partial charge in [0.25, 0.3) is 0 Å². The van der Waals surface area contributed by atoms with Crippen molar-refractivity contribution in [2.45, 2.75) is 0 Å². The first-order valence-corrected chi connectivity index (χ1v) is 6.40. The smallest absolute Gasteiger partial charge is 0.237 e. The standard InChI is InChI=1S/C15H11BrO3/c1-19-13-8-7-11(16)9-12(13)15(18)14(17)10-5-3-2-4-6-10/h2-9H,1H3. The molecule has 19 heavy (non-hydrogen) atoms. The molecule has 0 unspecified atom stereocenters. The zero-order valence-corrected chi connectivity index (χ0v) is 11.8. The number of ketones is 2. The lowest BCUT2D eigenvalue weighted by Gasteiger charge is -2.07. The van der Waals surface area contributed by atoms with Crippen LogP contribution < -0.4 is 4.74 Å². The van der Waals surface area contributed by atoms with Crippen molar-refractivity contribution in [3.63, 3.8) is 0 Å². The molecular formula is C15H11BrO3. The Balaban J connectivity index is 2.40. The molecule has 0 aliphatic carbocycles. The van der Waals surface area contributed by atoms with Gasteiger partial charge in [-0.05, 0) is 18.2 Å². The van der Waals surface area contributed by atoms with Gasteiger partial charge in [-0.2, -0.15) is 0 Å². The van der Waals surface area contributed by atoms with Gasteiger partial charge in [0.05, 0.1) is 12.7 Å². The predicted molar refractivity (Wildman–Crippen MR) is 75.8 cm³/mol. The summed E-state index contributed by atoms with van der Waals surface area (Å²) < 4.78 is 5.83. The van der Waals surface area contributed by atoms with Crippen molar-refractivity contribution < 1.29 is 14.3 Å². The van der Waals surface area contributed by atoms with Crippen LogP contribution in [-0.2, 0) is 0 Å². The van der Waals surface area contributed by atoms with E-state index in [0.717, 1.165) is 4.47 Å². The fraction of sp³-hybridized carbons (Fsp3) is 0.0667. The van der Waals surface area contributed by atoms with Crippen molar-refractivity contribution in [1.29, 1.82) is 0 Å². The number of carbonyl (C=O) groups excluding carboxylic acids is 2. The molecule has 0 bridgehead atoms. The van der Waals surface area contributed by atoms with Gasteiger partial charge in [0.15, 0.2) is 0 Å². The number of hydrogen-bond donors (Lipinski definition) is 0. The maximum Gasteiger partial charge on any atom is 0.237 e. The number of hydrogen-bond acceptors (Lipinski definition) is 3. The Hall–Kier alpha value is -1.94. The normalized spacial score (nSPS) is 10.0. The first-order valence-electron chi connectivity index (χ1n) is 5.61. The second kappa shape index (κ2) is 5.80. The molecule has 3 nitrogen and oxygen atoms in total. The minimum Gasteiger partial charge on any atom is -0.496 e. The number of benzene rings is 2. The topological polar surface area (TPSA) is 43.4 Å². The maximum atomic E-state index is 12.2. The van der Waals surface area contributed by atoms with Crippen LogP contribution in [0, 0.1) is 0 Å². The summed E-state index contributed by atoms with van der Waals surface area (Å²) in [6.07, 6.45) is 0. The summed E-state index contributed by atoms with van der Waals surface area (Å²) in [5.41, 5.74) is 0.625. The van der Waals surface area contributed by atoms with E-state index in [2.05, 4.69) is 15.9 Å². The van der Waals surface area contributed by atoms with Gasteiger partial charge in [0.1, 0.15) is 5.75 Å². The number of carbonyl (C=O) groups is 2. The average molecular weight is 319 g/mol. The molecular weight excluding hydrogens is 308 g/mol. The fourth-order valence-electron chi connectivity index (χ4n) is 1.70. The van der Waals surface area contributed by atoms with Crippen LogP contribution >= 0.6 is 15.9 Å². The van der Waals surface area contributed by atoms with Gasteiger partial charge >= 0.3 is 0 Å². The molecule has 0 aromatic heterocycles. The van der Waals surface area contributed by atoms with Crippen molar-refractivity contribution in [2.24, 2.45) is 0 Å². The number of methoxy groups -OCH3 is 1. The molecule has 0 aliphatic heterocycles. The number of Topliss-reactive ketones (excluding diaryl/α,β-unsaturated/α-hetero) is 2. The lowest BCUT2D eigenvalue weighted by molar-refractivity contribution is 0.0815. The summed E-state index contributed by atoms with van der Waals surface area (Å²) in [6, 6.07) is 13.5. The molecule has 4 heteroatoms. The van der Waals surface area contributed by atoms with Crippen molar-refractivity contribution in [1.82, 2.24) is 0 Å². The lowest BCUT2D eigenvalue weighted by Crippen LogP contribution is -2.15. The zero-order chi connectivity index (χ0) is 13.8. The van der Waals surface area contributed by atoms with Crippen LogP contribution in [0.2, 0.25) is 0 Å². The van der Waals surface area contributed by atoms with Crippen molar-refractivity contribution in [3.8, 4) is 5.75 Å². The van der Waals surface area contributed by atoms with Gasteiger partial charge in [-0.3, -0.25) is 9.59 Å². The van der Waals surface area contributed by atoms with E-state index in [9.17, 15) is 9.59 Å². The van der Waals surface area contributed by atoms with Crippen LogP contribution in [0.15, 0.2) is 53.0 Å². The molecule has 2 aromatic rings. The van der Waals surface area contributed by atoms with Crippen LogP contribution in [-0.4, -0.2) is 18.7 Å². The van der Waals surface area contributed by atoms with Crippen LogP contribution in [0.25, 0.3) is 0 Å². The summed E-state index contributed by atoms with van der Waals surface area (Å²) in [7, 11) is 1.47. The lowest BCUT2D eigenvalue weighted by atomic mass is 10.0. The quantitative estimate of drug-likeness (QED) is 0.640. The second-order valence-corrected chi connectivity index (χ2v) is 4.78. The van der Waals surface area contributed by atoms with E-state index < -0.39 is 11.6 Å². The van der Waals surface area contributed by atoms with Crippen molar-refractivity contribution in [2.75, 3.05) is 7.11 Å². The molecule has 0 heterocycles. The third kappa shape index (κ3) is 2.90. The molecule has 2 aromatic carbocycles. The first-order chi connectivity index (χ1) is 9.13. The average Bonchev–Trinajstić information content (AvgIpc) is 2.46. The molecule has 0 fully saturated rings. The van der Waals surface area contributed by atoms with E-state index in [0.29, 0.717) is 11.3 Å². The minimum absolute atomic E-state index is 0.255. The van der Waals surface area contributed by atoms with E-state index in [1.807, 2.05) is 0 Å². The third-order valence-electron chi connectivity index (χ3n) is 2.65. The molecule has 0 saturated heterocycles. The van der Waals surface area contributed by atoms with E-state index in [-0.39, 0.29) is 5.56 Å². The largest absolute Gasteiger partial charge is 0.496 e. The zero-order valence-electron chi connectivity index (χ0n) is 10.2. The highest BCUT2D eigenvalue weighted by atomic mass is 79.9. The van der Waals surface area contributed by atoms with Gasteiger partial charge in [-0.25, -0.2) is 0 Å². The van der Waals surface area contributed by atoms with Crippen LogP contribution in [0.1, 0.15) is 20.7 Å². The maximum absolute atomic E-state index is 12.2. The van der Waals surface area contributed by atoms with E-state index in [1.54, 1.807) is 48.5 Å². The molecule has 0 N–H and O–H groups in total. The van der Waals surface area contributed by atoms with Crippen molar-refractivity contribution >= 4 is 27.5 Å². The Labute approximate surface area is 119 Å². The summed E-state index contributed by atoms with van der Waals surface area (Å²) >= 11 is 3.28. The van der Waals surface area contributed by atoms with Crippen LogP contribution in [0.3, 0.4) is 0 Å². The number of halogens is 1. The fourth-order valence-corrected chi connectivity index (χ4v) is 2.06. The highest BCUT2D eigenvalue weighted by Crippen LogP contribution is 2.24. The Morgan fingerprint density at radius 1 is 1.00 bits per heavy atom. The minimum atomic E-state index is -0.579. The monoisotopic (exact) mass is 318 g/mol. The summed E-state index contributed by atoms with van der Waals surface area (Å²) in [4.78, 5) is 24.3. The molecule has 0 aliphatic rings. The van der Waals surface area contributed by atoms with Gasteiger partial charge in [-0.1, -0.05) is 46.3 Å². The Bertz CT molecular complexity index is 621. The molecule has 0 amide bonds. The first kappa shape index (κ1) is 13.5. The Morgan fingerprint density at radius 2 is 1.68 bits per heavy atom. The Kier molecular flexibility index (Phi) is 4.12. The highest BCUT2D eigenvalue weighted by Gasteiger charge is 2.21. The molecule has 0 atom stereocenters. The SMILES string of the molecule is COc1ccc(Br)cc1C(=O)C(=O)c1ccccc1. The number of ether oxygens (including phenoxy) is 1. The van der Waals surface area contributed by atoms with E-state index in [4.69, 9.17) is 4.74 Å². The van der Waals surface area contributed by atoms with E-state index in [1.165, 1.54) is 7.11 Å². The molecule has 0 saturated carbocycles. The molecule has 0 radical (unpaired) electrons. The second-order valence-electron chi connectivity index (χ2n) is 3.87. The van der Waals surface area contributed by atoms with Gasteiger partial charge < -0.3 is 4.74 Å². The third-order valence-corrected chi connectivity index (χ3v) is 3.14. The Morgan fingerprint density at radius 3 is 2.32 bits per heavy atom. The summed E-state index contributed by atoms with van der Waals surface area (Å²) in [5.74, 6) is -0.737. The van der Waals surface area contributed by atoms with Crippen molar-refractivity contribution in [3.05, 3.63) is 64.1 Å². The highest BCUT2D eigenvalue weighted by molar-refractivity contribution is 9.10. The van der Waals surface area contributed by atoms with Crippen LogP contribution in [0.4, 0.5) is 0 Å². The summed E-state index contributed by atoms with van der Waals surface area (Å²) in [6.45, 7) is 0. The summed E-state index contributed by atoms with van der Waals surface area (Å²) in [5, 5.41) is 0. The molecule has 0 spiro atoms. The van der Waals surface area contributed by atoms with Gasteiger partial charge in [-0.15, -0.1) is 0 Å². The predicted octanol–water partition coefficient (Wildman–Crippen LogP) is 3.52. The van der Waals surface area contributed by atoms with E-state index >= 15 is 0 Å². The molecule has 96 valence electrons. The number of rotatable bonds is 4. The van der Waals surface area contributed by atoms with Crippen LogP contribution in [0.5, 0.6) is 5.75 Å². The van der Waals surface area contributed by atoms with Gasteiger partial charge in [0.2, 0.25) is 11.6 Å².